The van der Waals surface area contributed by atoms with Crippen molar-refractivity contribution in [1.82, 2.24) is 4.90 Å². The molecule has 19 heavy (non-hydrogen) atoms. The van der Waals surface area contributed by atoms with E-state index in [1.54, 1.807) is 40.0 Å². The Balaban J connectivity index is 2.64. The van der Waals surface area contributed by atoms with Gasteiger partial charge in [-0.05, 0) is 26.3 Å². The number of benzene rings is 1. The Morgan fingerprint density at radius 1 is 1.32 bits per heavy atom. The molecule has 1 amide bonds. The predicted molar refractivity (Wildman–Crippen MR) is 70.8 cm³/mol. The first-order valence-electron chi connectivity index (χ1n) is 5.86. The van der Waals surface area contributed by atoms with E-state index in [9.17, 15) is 14.9 Å². The second kappa shape index (κ2) is 5.69. The molecule has 1 rings (SSSR count). The Morgan fingerprint density at radius 3 is 2.26 bits per heavy atom. The van der Waals surface area contributed by atoms with Crippen LogP contribution in [0.25, 0.3) is 0 Å². The number of hydrogen-bond donors (Lipinski definition) is 0. The van der Waals surface area contributed by atoms with Crippen molar-refractivity contribution in [2.75, 3.05) is 7.05 Å². The molecule has 1 aromatic carbocycles. The molecule has 0 aliphatic rings. The standard InChI is InChI=1S/C13H18N2O4/c1-13(2,3)19-12(16)14(4)9-10-5-7-11(8-6-10)15(17)18/h5-8H,9H2,1-4H3. The number of hydrogen-bond acceptors (Lipinski definition) is 4. The first-order valence-corrected chi connectivity index (χ1v) is 5.86. The van der Waals surface area contributed by atoms with Gasteiger partial charge >= 0.3 is 6.09 Å². The molecule has 6 heteroatoms. The van der Waals surface area contributed by atoms with Crippen LogP contribution in [-0.4, -0.2) is 28.6 Å². The van der Waals surface area contributed by atoms with Gasteiger partial charge in [-0.15, -0.1) is 0 Å². The molecule has 0 fully saturated rings. The average molecular weight is 266 g/mol. The topological polar surface area (TPSA) is 72.7 Å². The van der Waals surface area contributed by atoms with Gasteiger partial charge in [0.1, 0.15) is 5.60 Å². The minimum Gasteiger partial charge on any atom is -0.444 e. The Labute approximate surface area is 112 Å². The van der Waals surface area contributed by atoms with Gasteiger partial charge in [-0.1, -0.05) is 12.1 Å². The van der Waals surface area contributed by atoms with Gasteiger partial charge in [-0.25, -0.2) is 4.79 Å². The quantitative estimate of drug-likeness (QED) is 0.622. The summed E-state index contributed by atoms with van der Waals surface area (Å²) in [5, 5.41) is 10.5. The Bertz CT molecular complexity index is 463. The molecule has 104 valence electrons. The highest BCUT2D eigenvalue weighted by molar-refractivity contribution is 5.67. The summed E-state index contributed by atoms with van der Waals surface area (Å²) < 4.78 is 5.21. The summed E-state index contributed by atoms with van der Waals surface area (Å²) in [6.45, 7) is 5.73. The van der Waals surface area contributed by atoms with E-state index in [1.165, 1.54) is 17.0 Å². The van der Waals surface area contributed by atoms with Crippen LogP contribution in [0.2, 0.25) is 0 Å². The van der Waals surface area contributed by atoms with Crippen LogP contribution in [0.5, 0.6) is 0 Å². The second-order valence-electron chi connectivity index (χ2n) is 5.26. The van der Waals surface area contributed by atoms with E-state index in [1.807, 2.05) is 0 Å². The molecule has 0 unspecified atom stereocenters. The van der Waals surface area contributed by atoms with Crippen LogP contribution < -0.4 is 0 Å². The zero-order chi connectivity index (χ0) is 14.6. The van der Waals surface area contributed by atoms with Crippen LogP contribution in [-0.2, 0) is 11.3 Å². The fourth-order valence-corrected chi connectivity index (χ4v) is 1.40. The van der Waals surface area contributed by atoms with Crippen LogP contribution >= 0.6 is 0 Å². The Hall–Kier alpha value is -2.11. The van der Waals surface area contributed by atoms with Gasteiger partial charge in [0.05, 0.1) is 4.92 Å². The summed E-state index contributed by atoms with van der Waals surface area (Å²) in [7, 11) is 1.62. The molecule has 0 aliphatic carbocycles. The molecule has 0 N–H and O–H groups in total. The molecular weight excluding hydrogens is 248 g/mol. The molecule has 0 spiro atoms. The minimum absolute atomic E-state index is 0.0312. The number of non-ortho nitro benzene ring substituents is 1. The number of carbonyl (C=O) groups excluding carboxylic acids is 1. The lowest BCUT2D eigenvalue weighted by molar-refractivity contribution is -0.384. The van der Waals surface area contributed by atoms with Crippen molar-refractivity contribution in [3.05, 3.63) is 39.9 Å². The van der Waals surface area contributed by atoms with Gasteiger partial charge in [-0.3, -0.25) is 10.1 Å². The fraction of sp³-hybridized carbons (Fsp3) is 0.462. The Morgan fingerprint density at radius 2 is 1.84 bits per heavy atom. The number of amides is 1. The van der Waals surface area contributed by atoms with E-state index in [0.29, 0.717) is 6.54 Å². The first kappa shape index (κ1) is 14.9. The van der Waals surface area contributed by atoms with Crippen LogP contribution in [0, 0.1) is 10.1 Å². The minimum atomic E-state index is -0.541. The number of carbonyl (C=O) groups is 1. The maximum Gasteiger partial charge on any atom is 0.410 e. The second-order valence-corrected chi connectivity index (χ2v) is 5.26. The van der Waals surface area contributed by atoms with Gasteiger partial charge in [-0.2, -0.15) is 0 Å². The third kappa shape index (κ3) is 4.95. The maximum atomic E-state index is 11.7. The number of rotatable bonds is 3. The zero-order valence-corrected chi connectivity index (χ0v) is 11.5. The SMILES string of the molecule is CN(Cc1ccc([N+](=O)[O-])cc1)C(=O)OC(C)(C)C. The van der Waals surface area contributed by atoms with E-state index in [-0.39, 0.29) is 5.69 Å². The lowest BCUT2D eigenvalue weighted by atomic mass is 10.2. The normalized spacial score (nSPS) is 10.9. The monoisotopic (exact) mass is 266 g/mol. The van der Waals surface area contributed by atoms with Gasteiger partial charge in [0.15, 0.2) is 0 Å². The number of nitro groups is 1. The van der Waals surface area contributed by atoms with Crippen molar-refractivity contribution in [1.29, 1.82) is 0 Å². The van der Waals surface area contributed by atoms with Gasteiger partial charge in [0.25, 0.3) is 5.69 Å². The molecule has 0 atom stereocenters. The molecule has 0 aromatic heterocycles. The van der Waals surface area contributed by atoms with Crippen LogP contribution in [0.1, 0.15) is 26.3 Å². The van der Waals surface area contributed by atoms with Gasteiger partial charge in [0.2, 0.25) is 0 Å². The summed E-state index contributed by atoms with van der Waals surface area (Å²) >= 11 is 0. The maximum absolute atomic E-state index is 11.7. The first-order chi connectivity index (χ1) is 8.69. The number of nitro benzene ring substituents is 1. The summed E-state index contributed by atoms with van der Waals surface area (Å²) in [5.74, 6) is 0. The molecule has 0 heterocycles. The number of nitrogens with zero attached hydrogens (tertiary/aromatic N) is 2. The molecule has 0 radical (unpaired) electrons. The Kier molecular flexibility index (Phi) is 4.47. The van der Waals surface area contributed by atoms with Crippen molar-refractivity contribution in [2.24, 2.45) is 0 Å². The van der Waals surface area contributed by atoms with Crippen molar-refractivity contribution in [3.8, 4) is 0 Å². The highest BCUT2D eigenvalue weighted by atomic mass is 16.6. The lowest BCUT2D eigenvalue weighted by Crippen LogP contribution is -2.33. The van der Waals surface area contributed by atoms with Crippen molar-refractivity contribution < 1.29 is 14.5 Å². The van der Waals surface area contributed by atoms with E-state index >= 15 is 0 Å². The van der Waals surface area contributed by atoms with Crippen LogP contribution in [0.15, 0.2) is 24.3 Å². The predicted octanol–water partition coefficient (Wildman–Crippen LogP) is 2.96. The molecule has 1 aromatic rings. The van der Waals surface area contributed by atoms with Gasteiger partial charge in [0, 0.05) is 25.7 Å². The van der Waals surface area contributed by atoms with Crippen LogP contribution in [0.3, 0.4) is 0 Å². The van der Waals surface area contributed by atoms with Crippen molar-refractivity contribution in [2.45, 2.75) is 32.9 Å². The van der Waals surface area contributed by atoms with E-state index in [2.05, 4.69) is 0 Å². The largest absolute Gasteiger partial charge is 0.444 e. The highest BCUT2D eigenvalue weighted by Gasteiger charge is 2.19. The highest BCUT2D eigenvalue weighted by Crippen LogP contribution is 2.14. The molecular formula is C13H18N2O4. The fourth-order valence-electron chi connectivity index (χ4n) is 1.40. The molecule has 6 nitrogen and oxygen atoms in total. The van der Waals surface area contributed by atoms with Gasteiger partial charge < -0.3 is 9.64 Å². The molecule has 0 saturated heterocycles. The molecule has 0 bridgehead atoms. The van der Waals surface area contributed by atoms with Crippen molar-refractivity contribution in [3.63, 3.8) is 0 Å². The van der Waals surface area contributed by atoms with E-state index in [4.69, 9.17) is 4.74 Å². The third-order valence-electron chi connectivity index (χ3n) is 2.27. The summed E-state index contributed by atoms with van der Waals surface area (Å²) in [6.07, 6.45) is -0.425. The zero-order valence-electron chi connectivity index (χ0n) is 11.5. The van der Waals surface area contributed by atoms with E-state index in [0.717, 1.165) is 5.56 Å². The van der Waals surface area contributed by atoms with Crippen molar-refractivity contribution >= 4 is 11.8 Å². The third-order valence-corrected chi connectivity index (χ3v) is 2.27. The van der Waals surface area contributed by atoms with Crippen LogP contribution in [0.4, 0.5) is 10.5 Å². The van der Waals surface area contributed by atoms with E-state index < -0.39 is 16.6 Å². The molecule has 0 aliphatic heterocycles. The molecule has 0 saturated carbocycles. The summed E-state index contributed by atoms with van der Waals surface area (Å²) in [6, 6.07) is 6.08. The summed E-state index contributed by atoms with van der Waals surface area (Å²) in [5.41, 5.74) is 0.295. The average Bonchev–Trinajstić information content (AvgIpc) is 2.27. The smallest absolute Gasteiger partial charge is 0.410 e. The lowest BCUT2D eigenvalue weighted by Gasteiger charge is -2.24. The summed E-state index contributed by atoms with van der Waals surface area (Å²) in [4.78, 5) is 23.2. The number of ether oxygens (including phenoxy) is 1.